The van der Waals surface area contributed by atoms with Gasteiger partial charge in [0.05, 0.1) is 11.8 Å². The van der Waals surface area contributed by atoms with Crippen molar-refractivity contribution in [2.45, 2.75) is 46.0 Å². The fourth-order valence-corrected chi connectivity index (χ4v) is 3.80. The van der Waals surface area contributed by atoms with Crippen LogP contribution >= 0.6 is 11.3 Å². The van der Waals surface area contributed by atoms with Gasteiger partial charge in [-0.2, -0.15) is 5.26 Å². The predicted octanol–water partition coefficient (Wildman–Crippen LogP) is 4.70. The van der Waals surface area contributed by atoms with Crippen molar-refractivity contribution in [3.8, 4) is 17.3 Å². The molecule has 0 spiro atoms. The van der Waals surface area contributed by atoms with Crippen molar-refractivity contribution in [2.75, 3.05) is 5.32 Å². The molecule has 1 amide bonds. The SMILES string of the molecule is CCCc1ccc(-c2nc(NC(=O)C3(C#N)CCC3)sc2C)cc1. The fraction of sp³-hybridized carbons (Fsp3) is 0.421. The van der Waals surface area contributed by atoms with Crippen LogP contribution in [0.2, 0.25) is 0 Å². The van der Waals surface area contributed by atoms with Crippen LogP contribution in [0.5, 0.6) is 0 Å². The summed E-state index contributed by atoms with van der Waals surface area (Å²) in [6, 6.07) is 10.6. The number of thiazole rings is 1. The maximum absolute atomic E-state index is 12.4. The van der Waals surface area contributed by atoms with E-state index in [0.717, 1.165) is 35.4 Å². The van der Waals surface area contributed by atoms with E-state index in [4.69, 9.17) is 0 Å². The van der Waals surface area contributed by atoms with Crippen molar-refractivity contribution in [2.24, 2.45) is 5.41 Å². The molecule has 0 saturated heterocycles. The lowest BCUT2D eigenvalue weighted by molar-refractivity contribution is -0.126. The monoisotopic (exact) mass is 339 g/mol. The van der Waals surface area contributed by atoms with Gasteiger partial charge in [-0.25, -0.2) is 4.98 Å². The molecular formula is C19H21N3OS. The number of aromatic nitrogens is 1. The third-order valence-corrected chi connectivity index (χ3v) is 5.53. The Labute approximate surface area is 146 Å². The highest BCUT2D eigenvalue weighted by Crippen LogP contribution is 2.41. The number of nitriles is 1. The molecule has 5 heteroatoms. The Kier molecular flexibility index (Phi) is 4.68. The zero-order valence-corrected chi connectivity index (χ0v) is 14.9. The third kappa shape index (κ3) is 3.07. The van der Waals surface area contributed by atoms with Gasteiger partial charge in [0.1, 0.15) is 5.41 Å². The summed E-state index contributed by atoms with van der Waals surface area (Å²) < 4.78 is 0. The fourth-order valence-electron chi connectivity index (χ4n) is 2.97. The quantitative estimate of drug-likeness (QED) is 0.858. The summed E-state index contributed by atoms with van der Waals surface area (Å²) in [4.78, 5) is 18.0. The van der Waals surface area contributed by atoms with E-state index in [1.165, 1.54) is 16.9 Å². The zero-order valence-electron chi connectivity index (χ0n) is 14.1. The summed E-state index contributed by atoms with van der Waals surface area (Å²) in [5.74, 6) is -0.213. The molecule has 2 aromatic rings. The van der Waals surface area contributed by atoms with Gasteiger partial charge < -0.3 is 5.32 Å². The highest BCUT2D eigenvalue weighted by molar-refractivity contribution is 7.16. The topological polar surface area (TPSA) is 65.8 Å². The number of hydrogen-bond donors (Lipinski definition) is 1. The molecule has 1 aliphatic carbocycles. The highest BCUT2D eigenvalue weighted by atomic mass is 32.1. The Balaban J connectivity index is 1.78. The number of aryl methyl sites for hydroxylation is 2. The smallest absolute Gasteiger partial charge is 0.246 e. The summed E-state index contributed by atoms with van der Waals surface area (Å²) in [5.41, 5.74) is 2.44. The molecule has 0 bridgehead atoms. The summed E-state index contributed by atoms with van der Waals surface area (Å²) in [6.07, 6.45) is 4.43. The molecule has 0 atom stereocenters. The van der Waals surface area contributed by atoms with Crippen molar-refractivity contribution in [1.29, 1.82) is 5.26 Å². The molecule has 1 aromatic carbocycles. The molecular weight excluding hydrogens is 318 g/mol. The Morgan fingerprint density at radius 1 is 1.38 bits per heavy atom. The van der Waals surface area contributed by atoms with Crippen LogP contribution in [-0.4, -0.2) is 10.9 Å². The molecule has 1 saturated carbocycles. The molecule has 124 valence electrons. The van der Waals surface area contributed by atoms with E-state index in [-0.39, 0.29) is 5.91 Å². The summed E-state index contributed by atoms with van der Waals surface area (Å²) in [6.45, 7) is 4.18. The molecule has 3 rings (SSSR count). The lowest BCUT2D eigenvalue weighted by Gasteiger charge is -2.32. The number of amides is 1. The Bertz CT molecular complexity index is 782. The van der Waals surface area contributed by atoms with Crippen LogP contribution in [0, 0.1) is 23.7 Å². The number of benzene rings is 1. The number of nitrogens with one attached hydrogen (secondary N) is 1. The first-order chi connectivity index (χ1) is 11.6. The maximum atomic E-state index is 12.4. The minimum absolute atomic E-state index is 0.213. The van der Waals surface area contributed by atoms with Gasteiger partial charge in [0, 0.05) is 10.4 Å². The van der Waals surface area contributed by atoms with E-state index in [2.05, 4.69) is 47.6 Å². The van der Waals surface area contributed by atoms with E-state index < -0.39 is 5.41 Å². The largest absolute Gasteiger partial charge is 0.301 e. The van der Waals surface area contributed by atoms with Crippen LogP contribution in [0.15, 0.2) is 24.3 Å². The first kappa shape index (κ1) is 16.7. The number of nitrogens with zero attached hydrogens (tertiary/aromatic N) is 2. The first-order valence-corrected chi connectivity index (χ1v) is 9.19. The van der Waals surface area contributed by atoms with E-state index in [9.17, 15) is 10.1 Å². The van der Waals surface area contributed by atoms with Crippen molar-refractivity contribution in [1.82, 2.24) is 4.98 Å². The minimum Gasteiger partial charge on any atom is -0.301 e. The molecule has 1 aromatic heterocycles. The molecule has 4 nitrogen and oxygen atoms in total. The highest BCUT2D eigenvalue weighted by Gasteiger charge is 2.45. The van der Waals surface area contributed by atoms with Crippen LogP contribution in [0.4, 0.5) is 5.13 Å². The zero-order chi connectivity index (χ0) is 17.2. The number of carbonyl (C=O) groups excluding carboxylic acids is 1. The van der Waals surface area contributed by atoms with Gasteiger partial charge >= 0.3 is 0 Å². The average molecular weight is 339 g/mol. The van der Waals surface area contributed by atoms with E-state index in [1.54, 1.807) is 0 Å². The summed E-state index contributed by atoms with van der Waals surface area (Å²) >= 11 is 1.46. The first-order valence-electron chi connectivity index (χ1n) is 8.37. The normalized spacial score (nSPS) is 15.4. The van der Waals surface area contributed by atoms with Gasteiger partial charge in [0.2, 0.25) is 5.91 Å². The average Bonchev–Trinajstić information content (AvgIpc) is 2.88. The standard InChI is InChI=1S/C19H21N3OS/c1-3-5-14-6-8-15(9-7-14)16-13(2)24-18(21-16)22-17(23)19(12-20)10-4-11-19/h6-9H,3-5,10-11H2,1-2H3,(H,21,22,23). The predicted molar refractivity (Wildman–Crippen MR) is 96.8 cm³/mol. The van der Waals surface area contributed by atoms with E-state index in [0.29, 0.717) is 18.0 Å². The van der Waals surface area contributed by atoms with Crippen LogP contribution in [0.3, 0.4) is 0 Å². The van der Waals surface area contributed by atoms with Gasteiger partial charge in [-0.05, 0) is 38.2 Å². The molecule has 1 aliphatic rings. The molecule has 1 N–H and O–H groups in total. The second-order valence-electron chi connectivity index (χ2n) is 6.37. The summed E-state index contributed by atoms with van der Waals surface area (Å²) in [5, 5.41) is 12.7. The van der Waals surface area contributed by atoms with Gasteiger partial charge in [-0.15, -0.1) is 11.3 Å². The van der Waals surface area contributed by atoms with Crippen LogP contribution in [-0.2, 0) is 11.2 Å². The number of hydrogen-bond acceptors (Lipinski definition) is 4. The van der Waals surface area contributed by atoms with Gasteiger partial charge in [-0.1, -0.05) is 37.6 Å². The molecule has 24 heavy (non-hydrogen) atoms. The van der Waals surface area contributed by atoms with Gasteiger partial charge in [-0.3, -0.25) is 4.79 Å². The minimum atomic E-state index is -0.846. The molecule has 0 unspecified atom stereocenters. The lowest BCUT2D eigenvalue weighted by atomic mass is 9.69. The maximum Gasteiger partial charge on any atom is 0.246 e. The van der Waals surface area contributed by atoms with Crippen LogP contribution < -0.4 is 5.32 Å². The Morgan fingerprint density at radius 3 is 2.62 bits per heavy atom. The molecule has 0 radical (unpaired) electrons. The van der Waals surface area contributed by atoms with Crippen molar-refractivity contribution in [3.63, 3.8) is 0 Å². The van der Waals surface area contributed by atoms with Crippen LogP contribution in [0.1, 0.15) is 43.0 Å². The third-order valence-electron chi connectivity index (χ3n) is 4.64. The molecule has 1 heterocycles. The van der Waals surface area contributed by atoms with E-state index >= 15 is 0 Å². The van der Waals surface area contributed by atoms with Crippen LogP contribution in [0.25, 0.3) is 11.3 Å². The molecule has 0 aliphatic heterocycles. The van der Waals surface area contributed by atoms with Gasteiger partial charge in [0.15, 0.2) is 5.13 Å². The number of carbonyl (C=O) groups is 1. The number of anilines is 1. The lowest BCUT2D eigenvalue weighted by Crippen LogP contribution is -2.40. The van der Waals surface area contributed by atoms with E-state index in [1.807, 2.05) is 6.92 Å². The van der Waals surface area contributed by atoms with Crippen molar-refractivity contribution in [3.05, 3.63) is 34.7 Å². The van der Waals surface area contributed by atoms with Crippen molar-refractivity contribution < 1.29 is 4.79 Å². The van der Waals surface area contributed by atoms with Crippen molar-refractivity contribution >= 4 is 22.4 Å². The molecule has 1 fully saturated rings. The number of rotatable bonds is 5. The van der Waals surface area contributed by atoms with Gasteiger partial charge in [0.25, 0.3) is 0 Å². The summed E-state index contributed by atoms with van der Waals surface area (Å²) in [7, 11) is 0. The second-order valence-corrected chi connectivity index (χ2v) is 7.58. The Morgan fingerprint density at radius 2 is 2.08 bits per heavy atom. The Hall–Kier alpha value is -2.19. The second kappa shape index (κ2) is 6.74.